The van der Waals surface area contributed by atoms with E-state index in [2.05, 4.69) is 0 Å². The number of benzene rings is 3. The first-order valence-electron chi connectivity index (χ1n) is 11.8. The topological polar surface area (TPSA) is 76.1 Å². The Morgan fingerprint density at radius 3 is 2.31 bits per heavy atom. The molecular weight excluding hydrogens is 442 g/mol. The van der Waals surface area contributed by atoms with Gasteiger partial charge in [0.05, 0.1) is 24.3 Å². The zero-order valence-electron chi connectivity index (χ0n) is 20.1. The normalized spacial score (nSPS) is 17.1. The number of carbonyl (C=O) groups is 2. The smallest absolute Gasteiger partial charge is 0.300 e. The molecule has 180 valence electrons. The molecule has 1 N–H and O–H groups in total. The molecule has 0 aliphatic carbocycles. The summed E-state index contributed by atoms with van der Waals surface area (Å²) in [6.07, 6.45) is 0.854. The number of ketones is 1. The van der Waals surface area contributed by atoms with Crippen LogP contribution in [0.3, 0.4) is 0 Å². The van der Waals surface area contributed by atoms with E-state index in [9.17, 15) is 14.7 Å². The van der Waals surface area contributed by atoms with E-state index in [-0.39, 0.29) is 17.4 Å². The Hall–Kier alpha value is -4.06. The summed E-state index contributed by atoms with van der Waals surface area (Å²) in [6, 6.07) is 22.4. The third kappa shape index (κ3) is 5.06. The van der Waals surface area contributed by atoms with Crippen LogP contribution in [0.2, 0.25) is 0 Å². The number of Topliss-reactive ketones (excluding diaryl/α,β-unsaturated/α-hetero) is 1. The summed E-state index contributed by atoms with van der Waals surface area (Å²) in [7, 11) is 0. The third-order valence-electron chi connectivity index (χ3n) is 5.63. The van der Waals surface area contributed by atoms with Crippen molar-refractivity contribution in [3.8, 4) is 11.5 Å². The van der Waals surface area contributed by atoms with Crippen molar-refractivity contribution < 1.29 is 24.2 Å². The zero-order valence-corrected chi connectivity index (χ0v) is 20.1. The predicted octanol–water partition coefficient (Wildman–Crippen LogP) is 5.89. The highest BCUT2D eigenvalue weighted by atomic mass is 16.5. The van der Waals surface area contributed by atoms with E-state index in [1.54, 1.807) is 48.5 Å². The Bertz CT molecular complexity index is 1230. The first-order chi connectivity index (χ1) is 16.9. The molecule has 6 heteroatoms. The van der Waals surface area contributed by atoms with Crippen molar-refractivity contribution in [2.24, 2.45) is 0 Å². The maximum atomic E-state index is 13.3. The van der Waals surface area contributed by atoms with Gasteiger partial charge in [-0.1, -0.05) is 49.4 Å². The molecule has 1 aliphatic heterocycles. The van der Waals surface area contributed by atoms with Gasteiger partial charge in [-0.05, 0) is 62.2 Å². The van der Waals surface area contributed by atoms with Crippen LogP contribution in [0.4, 0.5) is 5.69 Å². The second kappa shape index (κ2) is 10.5. The first kappa shape index (κ1) is 24.1. The average molecular weight is 472 g/mol. The molecule has 3 aromatic carbocycles. The summed E-state index contributed by atoms with van der Waals surface area (Å²) in [5.74, 6) is -0.418. The van der Waals surface area contributed by atoms with Crippen LogP contribution in [0.25, 0.3) is 5.76 Å². The monoisotopic (exact) mass is 471 g/mol. The summed E-state index contributed by atoms with van der Waals surface area (Å²) in [5, 5.41) is 11.3. The summed E-state index contributed by atoms with van der Waals surface area (Å²) >= 11 is 0. The number of ether oxygens (including phenoxy) is 2. The number of rotatable bonds is 8. The van der Waals surface area contributed by atoms with Crippen LogP contribution >= 0.6 is 0 Å². The van der Waals surface area contributed by atoms with Gasteiger partial charge in [-0.3, -0.25) is 14.5 Å². The molecule has 1 fully saturated rings. The maximum Gasteiger partial charge on any atom is 0.300 e. The quantitative estimate of drug-likeness (QED) is 0.252. The van der Waals surface area contributed by atoms with E-state index in [0.717, 1.165) is 6.42 Å². The van der Waals surface area contributed by atoms with Crippen molar-refractivity contribution in [2.45, 2.75) is 39.3 Å². The van der Waals surface area contributed by atoms with Crippen LogP contribution < -0.4 is 14.4 Å². The number of hydrogen-bond donors (Lipinski definition) is 1. The van der Waals surface area contributed by atoms with Crippen LogP contribution in [0.15, 0.2) is 84.4 Å². The minimum Gasteiger partial charge on any atom is -0.507 e. The van der Waals surface area contributed by atoms with Gasteiger partial charge < -0.3 is 14.6 Å². The Labute approximate surface area is 205 Å². The number of nitrogens with zero attached hydrogens (tertiary/aromatic N) is 1. The molecule has 0 radical (unpaired) electrons. The molecule has 3 aromatic rings. The molecule has 1 saturated heterocycles. The van der Waals surface area contributed by atoms with Crippen LogP contribution in [0.1, 0.15) is 44.4 Å². The molecule has 0 aromatic heterocycles. The lowest BCUT2D eigenvalue weighted by Crippen LogP contribution is -2.29. The van der Waals surface area contributed by atoms with Gasteiger partial charge in [0.2, 0.25) is 0 Å². The van der Waals surface area contributed by atoms with E-state index in [1.807, 2.05) is 51.1 Å². The van der Waals surface area contributed by atoms with Gasteiger partial charge in [-0.15, -0.1) is 0 Å². The fraction of sp³-hybridized carbons (Fsp3) is 0.241. The van der Waals surface area contributed by atoms with Crippen LogP contribution in [-0.2, 0) is 9.59 Å². The Balaban J connectivity index is 1.81. The summed E-state index contributed by atoms with van der Waals surface area (Å²) < 4.78 is 11.4. The summed E-state index contributed by atoms with van der Waals surface area (Å²) in [5.41, 5.74) is 1.71. The van der Waals surface area contributed by atoms with Gasteiger partial charge in [-0.25, -0.2) is 0 Å². The van der Waals surface area contributed by atoms with Crippen LogP contribution in [0.5, 0.6) is 11.5 Å². The highest BCUT2D eigenvalue weighted by molar-refractivity contribution is 6.51. The lowest BCUT2D eigenvalue weighted by atomic mass is 9.95. The minimum absolute atomic E-state index is 0.0106. The van der Waals surface area contributed by atoms with Crippen LogP contribution in [-0.4, -0.2) is 29.5 Å². The lowest BCUT2D eigenvalue weighted by Gasteiger charge is -2.25. The highest BCUT2D eigenvalue weighted by Crippen LogP contribution is 2.42. The molecule has 35 heavy (non-hydrogen) atoms. The molecule has 0 bridgehead atoms. The molecule has 6 nitrogen and oxygen atoms in total. The molecule has 0 saturated carbocycles. The van der Waals surface area contributed by atoms with Gasteiger partial charge in [0.25, 0.3) is 11.7 Å². The van der Waals surface area contributed by atoms with Gasteiger partial charge in [-0.2, -0.15) is 0 Å². The molecular formula is C29H29NO5. The van der Waals surface area contributed by atoms with Crippen molar-refractivity contribution in [3.63, 3.8) is 0 Å². The van der Waals surface area contributed by atoms with Gasteiger partial charge in [0.15, 0.2) is 0 Å². The second-order valence-electron chi connectivity index (χ2n) is 8.62. The number of carbonyl (C=O) groups excluding carboxylic acids is 2. The van der Waals surface area contributed by atoms with Gasteiger partial charge in [0.1, 0.15) is 17.3 Å². The Kier molecular flexibility index (Phi) is 7.20. The van der Waals surface area contributed by atoms with Crippen LogP contribution in [0, 0.1) is 0 Å². The number of hydrogen-bond acceptors (Lipinski definition) is 5. The van der Waals surface area contributed by atoms with Crippen molar-refractivity contribution in [3.05, 3.63) is 95.6 Å². The average Bonchev–Trinajstić information content (AvgIpc) is 3.13. The highest BCUT2D eigenvalue weighted by Gasteiger charge is 2.46. The largest absolute Gasteiger partial charge is 0.507 e. The van der Waals surface area contributed by atoms with Crippen molar-refractivity contribution in [1.29, 1.82) is 0 Å². The molecule has 1 aliphatic rings. The standard InChI is InChI=1S/C29H29NO5/c1-4-17-34-24-12-8-11-21(18-24)27(31)25-26(20-9-6-5-7-10-20)30(29(33)28(25)32)22-13-15-23(16-14-22)35-19(2)3/h5-16,18-19,26,31H,4,17H2,1-3H3/b27-25-. The number of amides is 1. The van der Waals surface area contributed by atoms with E-state index in [0.29, 0.717) is 34.9 Å². The Morgan fingerprint density at radius 2 is 1.66 bits per heavy atom. The second-order valence-corrected chi connectivity index (χ2v) is 8.62. The fourth-order valence-corrected chi connectivity index (χ4v) is 4.12. The Morgan fingerprint density at radius 1 is 0.943 bits per heavy atom. The molecule has 1 atom stereocenters. The predicted molar refractivity (Wildman–Crippen MR) is 136 cm³/mol. The van der Waals surface area contributed by atoms with Crippen molar-refractivity contribution in [2.75, 3.05) is 11.5 Å². The van der Waals surface area contributed by atoms with E-state index in [4.69, 9.17) is 9.47 Å². The molecule has 1 unspecified atom stereocenters. The third-order valence-corrected chi connectivity index (χ3v) is 5.63. The first-order valence-corrected chi connectivity index (χ1v) is 11.8. The molecule has 1 heterocycles. The summed E-state index contributed by atoms with van der Waals surface area (Å²) in [6.45, 7) is 6.41. The summed E-state index contributed by atoms with van der Waals surface area (Å²) in [4.78, 5) is 28.0. The molecule has 0 spiro atoms. The van der Waals surface area contributed by atoms with E-state index >= 15 is 0 Å². The number of aliphatic hydroxyl groups is 1. The van der Waals surface area contributed by atoms with Crippen molar-refractivity contribution >= 4 is 23.1 Å². The molecule has 1 amide bonds. The van der Waals surface area contributed by atoms with E-state index in [1.165, 1.54) is 4.90 Å². The number of anilines is 1. The van der Waals surface area contributed by atoms with E-state index < -0.39 is 17.7 Å². The van der Waals surface area contributed by atoms with Gasteiger partial charge in [0, 0.05) is 11.3 Å². The molecule has 4 rings (SSSR count). The lowest BCUT2D eigenvalue weighted by molar-refractivity contribution is -0.132. The fourth-order valence-electron chi connectivity index (χ4n) is 4.12. The SMILES string of the molecule is CCCOc1cccc(/C(O)=C2/C(=O)C(=O)N(c3ccc(OC(C)C)cc3)C2c2ccccc2)c1. The maximum absolute atomic E-state index is 13.3. The van der Waals surface area contributed by atoms with Crippen molar-refractivity contribution in [1.82, 2.24) is 0 Å². The number of aliphatic hydroxyl groups excluding tert-OH is 1. The minimum atomic E-state index is -0.784. The van der Waals surface area contributed by atoms with Gasteiger partial charge >= 0.3 is 0 Å². The zero-order chi connectivity index (χ0) is 24.9.